The van der Waals surface area contributed by atoms with Crippen LogP contribution < -0.4 is 5.32 Å². The molecule has 3 rings (SSSR count). The summed E-state index contributed by atoms with van der Waals surface area (Å²) in [7, 11) is 0. The lowest BCUT2D eigenvalue weighted by Crippen LogP contribution is -2.66. The number of rotatable bonds is 50. The summed E-state index contributed by atoms with van der Waals surface area (Å²) in [6.45, 7) is 1.52. The van der Waals surface area contributed by atoms with E-state index in [4.69, 9.17) is 28.4 Å². The van der Waals surface area contributed by atoms with Crippen molar-refractivity contribution < 1.29 is 89.4 Å². The van der Waals surface area contributed by atoms with Crippen molar-refractivity contribution in [3.8, 4) is 0 Å². The maximum Gasteiger partial charge on any atom is 0.220 e. The van der Waals surface area contributed by atoms with Crippen LogP contribution in [-0.4, -0.2) is 193 Å². The fourth-order valence-electron chi connectivity index (χ4n) is 10.6. The number of aliphatic hydroxyl groups is 11. The third kappa shape index (κ3) is 34.6. The quantitative estimate of drug-likeness (QED) is 0.0200. The minimum atomic E-state index is -1.99. The lowest BCUT2D eigenvalue weighted by atomic mass is 9.96. The number of allylic oxidation sites excluding steroid dienone is 21. The molecule has 0 spiro atoms. The molecule has 1 amide bonds. The van der Waals surface area contributed by atoms with Gasteiger partial charge in [-0.25, -0.2) is 0 Å². The highest BCUT2D eigenvalue weighted by molar-refractivity contribution is 5.76. The van der Waals surface area contributed by atoms with Crippen molar-refractivity contribution in [3.05, 3.63) is 134 Å². The Labute approximate surface area is 550 Å². The zero-order valence-electron chi connectivity index (χ0n) is 55.2. The Hall–Kier alpha value is -4.07. The Kier molecular flexibility index (Phi) is 47.4. The predicted molar refractivity (Wildman–Crippen MR) is 359 cm³/mol. The molecule has 17 atom stereocenters. The van der Waals surface area contributed by atoms with Gasteiger partial charge < -0.3 is 89.9 Å². The van der Waals surface area contributed by atoms with Gasteiger partial charge >= 0.3 is 0 Å². The van der Waals surface area contributed by atoms with Gasteiger partial charge in [-0.15, -0.1) is 0 Å². The standard InChI is InChI=1S/C73H119NO18/c1-3-5-7-9-11-13-15-17-19-20-21-22-23-24-25-26-27-28-29-30-31-32-33-34-35-36-37-39-41-43-45-47-49-51-61(79)74-56(57(78)50-48-46-44-42-40-38-18-16-14-12-10-8-6-4-2)55-87-71-67(85)64(82)69(59(53-76)89-71)92-73-68(86)65(83)70(60(54-77)90-73)91-72-66(84)63(81)62(80)58(52-75)88-72/h5,7,11,13-14,16-17,19,21-22,24-25,27-28,30-31,33-34,40,42,48,50,56-60,62-73,75-78,80-86H,3-4,6,8-10,12,15,18,20,23,26,29,32,35-39,41,43-47,49,51-55H2,1-2H3,(H,74,79)/b7-5-,13-11-,16-14+,19-17-,22-21-,25-24-,28-27-,31-30-,34-33-,42-40+,50-48+. The molecule has 0 bridgehead atoms. The van der Waals surface area contributed by atoms with Gasteiger partial charge in [-0.3, -0.25) is 4.79 Å². The highest BCUT2D eigenvalue weighted by Crippen LogP contribution is 2.33. The average Bonchev–Trinajstić information content (AvgIpc) is 0.840. The Morgan fingerprint density at radius 2 is 0.761 bits per heavy atom. The van der Waals surface area contributed by atoms with E-state index in [9.17, 15) is 61.0 Å². The molecular formula is C73H119NO18. The van der Waals surface area contributed by atoms with E-state index < -0.39 is 124 Å². The van der Waals surface area contributed by atoms with Crippen LogP contribution in [0.5, 0.6) is 0 Å². The van der Waals surface area contributed by atoms with Crippen LogP contribution in [0.1, 0.15) is 187 Å². The lowest BCUT2D eigenvalue weighted by Gasteiger charge is -2.48. The van der Waals surface area contributed by atoms with Crippen LogP contribution in [0.4, 0.5) is 0 Å². The molecule has 0 aliphatic carbocycles. The van der Waals surface area contributed by atoms with Gasteiger partial charge in [0.05, 0.1) is 38.6 Å². The number of unbranched alkanes of at least 4 members (excludes halogenated alkanes) is 14. The predicted octanol–water partition coefficient (Wildman–Crippen LogP) is 8.99. The molecule has 524 valence electrons. The molecule has 3 saturated heterocycles. The SMILES string of the molecule is CC/C=C\C/C=C\C/C=C\C/C=C\C/C=C\C/C=C\C/C=C\C/C=C\CCCCCCCCCCC(=O)NC(COC1OC(CO)C(OC2OC(CO)C(OC3OC(CO)C(O)C(O)C3O)C(O)C2O)C(O)C1O)C(O)/C=C/CC/C=C/CC/C=C/CCCCCC. The molecule has 0 aromatic carbocycles. The van der Waals surface area contributed by atoms with Crippen molar-refractivity contribution >= 4 is 5.91 Å². The van der Waals surface area contributed by atoms with Gasteiger partial charge in [0.1, 0.15) is 73.2 Å². The maximum absolute atomic E-state index is 13.4. The Balaban J connectivity index is 1.41. The molecule has 19 heteroatoms. The summed E-state index contributed by atoms with van der Waals surface area (Å²) in [6, 6.07) is -1.01. The second-order valence-corrected chi connectivity index (χ2v) is 23.9. The van der Waals surface area contributed by atoms with Gasteiger partial charge in [0.15, 0.2) is 18.9 Å². The molecular weight excluding hydrogens is 1180 g/mol. The summed E-state index contributed by atoms with van der Waals surface area (Å²) in [5, 5.41) is 120. The van der Waals surface area contributed by atoms with E-state index in [0.717, 1.165) is 122 Å². The van der Waals surface area contributed by atoms with Crippen LogP contribution in [0.2, 0.25) is 0 Å². The first-order chi connectivity index (χ1) is 44.8. The summed E-state index contributed by atoms with van der Waals surface area (Å²) in [6.07, 6.45) is 47.2. The molecule has 0 radical (unpaired) electrons. The molecule has 19 nitrogen and oxygen atoms in total. The van der Waals surface area contributed by atoms with Crippen LogP contribution in [-0.2, 0) is 33.2 Å². The molecule has 0 saturated carbocycles. The zero-order valence-corrected chi connectivity index (χ0v) is 55.2. The fourth-order valence-corrected chi connectivity index (χ4v) is 10.6. The van der Waals surface area contributed by atoms with E-state index in [0.29, 0.717) is 12.8 Å². The number of carbonyl (C=O) groups is 1. The molecule has 3 heterocycles. The minimum Gasteiger partial charge on any atom is -0.394 e. The zero-order chi connectivity index (χ0) is 66.8. The van der Waals surface area contributed by atoms with E-state index in [1.165, 1.54) is 32.1 Å². The maximum atomic E-state index is 13.4. The summed E-state index contributed by atoms with van der Waals surface area (Å²) in [5.41, 5.74) is 0. The van der Waals surface area contributed by atoms with E-state index in [2.05, 4.69) is 141 Å². The number of ether oxygens (including phenoxy) is 6. The van der Waals surface area contributed by atoms with Crippen molar-refractivity contribution in [3.63, 3.8) is 0 Å². The highest BCUT2D eigenvalue weighted by atomic mass is 16.8. The number of hydrogen-bond donors (Lipinski definition) is 12. The fraction of sp³-hybridized carbons (Fsp3) is 0.685. The third-order valence-electron chi connectivity index (χ3n) is 16.2. The van der Waals surface area contributed by atoms with Crippen molar-refractivity contribution in [2.75, 3.05) is 26.4 Å². The Morgan fingerprint density at radius 1 is 0.402 bits per heavy atom. The molecule has 92 heavy (non-hydrogen) atoms. The molecule has 3 aliphatic heterocycles. The van der Waals surface area contributed by atoms with Crippen LogP contribution in [0.3, 0.4) is 0 Å². The van der Waals surface area contributed by atoms with Crippen molar-refractivity contribution in [2.45, 2.75) is 291 Å². The first-order valence-electron chi connectivity index (χ1n) is 34.4. The largest absolute Gasteiger partial charge is 0.394 e. The lowest BCUT2D eigenvalue weighted by molar-refractivity contribution is -0.379. The van der Waals surface area contributed by atoms with Crippen LogP contribution in [0, 0.1) is 0 Å². The van der Waals surface area contributed by atoms with Crippen LogP contribution in [0.25, 0.3) is 0 Å². The summed E-state index contributed by atoms with van der Waals surface area (Å²) in [5.74, 6) is -0.306. The number of aliphatic hydroxyl groups excluding tert-OH is 11. The monoisotopic (exact) mass is 1300 g/mol. The normalized spacial score (nSPS) is 28.6. The summed E-state index contributed by atoms with van der Waals surface area (Å²) < 4.78 is 34.3. The molecule has 0 aromatic heterocycles. The summed E-state index contributed by atoms with van der Waals surface area (Å²) in [4.78, 5) is 13.4. The topological polar surface area (TPSA) is 307 Å². The number of amides is 1. The van der Waals surface area contributed by atoms with Gasteiger partial charge in [0.2, 0.25) is 5.91 Å². The number of hydrogen-bond acceptors (Lipinski definition) is 18. The van der Waals surface area contributed by atoms with Gasteiger partial charge in [-0.2, -0.15) is 0 Å². The van der Waals surface area contributed by atoms with E-state index in [1.54, 1.807) is 6.08 Å². The Bertz CT molecular complexity index is 2190. The van der Waals surface area contributed by atoms with Gasteiger partial charge in [0, 0.05) is 6.42 Å². The van der Waals surface area contributed by atoms with Gasteiger partial charge in [-0.1, -0.05) is 205 Å². The van der Waals surface area contributed by atoms with Gasteiger partial charge in [0.25, 0.3) is 0 Å². The van der Waals surface area contributed by atoms with E-state index in [-0.39, 0.29) is 18.9 Å². The van der Waals surface area contributed by atoms with Crippen LogP contribution in [0.15, 0.2) is 134 Å². The first-order valence-corrected chi connectivity index (χ1v) is 34.4. The highest BCUT2D eigenvalue weighted by Gasteiger charge is 2.53. The van der Waals surface area contributed by atoms with E-state index in [1.807, 2.05) is 6.08 Å². The molecule has 17 unspecified atom stereocenters. The summed E-state index contributed by atoms with van der Waals surface area (Å²) >= 11 is 0. The molecule has 3 aliphatic rings. The molecule has 3 fully saturated rings. The average molecular weight is 1300 g/mol. The van der Waals surface area contributed by atoms with E-state index >= 15 is 0 Å². The van der Waals surface area contributed by atoms with Crippen molar-refractivity contribution in [2.24, 2.45) is 0 Å². The third-order valence-corrected chi connectivity index (χ3v) is 16.2. The second-order valence-electron chi connectivity index (χ2n) is 23.9. The van der Waals surface area contributed by atoms with Gasteiger partial charge in [-0.05, 0) is 109 Å². The first kappa shape index (κ1) is 82.2. The number of carbonyl (C=O) groups excluding carboxylic acids is 1. The minimum absolute atomic E-state index is 0.213. The number of nitrogens with one attached hydrogen (secondary N) is 1. The Morgan fingerprint density at radius 3 is 1.22 bits per heavy atom. The molecule has 12 N–H and O–H groups in total. The molecule has 0 aromatic rings. The van der Waals surface area contributed by atoms with Crippen molar-refractivity contribution in [1.82, 2.24) is 5.32 Å². The van der Waals surface area contributed by atoms with Crippen LogP contribution >= 0.6 is 0 Å². The van der Waals surface area contributed by atoms with Crippen molar-refractivity contribution in [1.29, 1.82) is 0 Å². The second kappa shape index (κ2) is 53.1. The smallest absolute Gasteiger partial charge is 0.220 e.